The minimum Gasteiger partial charge on any atom is -0.497 e. The zero-order chi connectivity index (χ0) is 19.1. The maximum Gasteiger partial charge on any atom is 0.257 e. The first kappa shape index (κ1) is 18.2. The Hall–Kier alpha value is -3.61. The van der Waals surface area contributed by atoms with Crippen LogP contribution in [0.2, 0.25) is 0 Å². The van der Waals surface area contributed by atoms with Gasteiger partial charge in [0.05, 0.1) is 25.5 Å². The zero-order valence-corrected chi connectivity index (χ0v) is 15.1. The van der Waals surface area contributed by atoms with E-state index in [0.29, 0.717) is 35.1 Å². The summed E-state index contributed by atoms with van der Waals surface area (Å²) >= 11 is 0. The molecule has 0 atom stereocenters. The number of carbonyl (C=O) groups excluding carboxylic acids is 1. The number of rotatable bonds is 7. The van der Waals surface area contributed by atoms with Crippen LogP contribution in [-0.2, 0) is 6.54 Å². The van der Waals surface area contributed by atoms with Gasteiger partial charge >= 0.3 is 0 Å². The molecule has 0 aliphatic heterocycles. The Balaban J connectivity index is 1.65. The first-order valence-electron chi connectivity index (χ1n) is 8.32. The maximum absolute atomic E-state index is 12.5. The number of carbonyl (C=O) groups is 1. The largest absolute Gasteiger partial charge is 0.497 e. The Morgan fingerprint density at radius 3 is 2.63 bits per heavy atom. The molecule has 2 aromatic heterocycles. The quantitative estimate of drug-likeness (QED) is 0.669. The van der Waals surface area contributed by atoms with E-state index in [1.807, 2.05) is 12.1 Å². The van der Waals surface area contributed by atoms with E-state index in [-0.39, 0.29) is 5.91 Å². The van der Waals surface area contributed by atoms with E-state index in [0.717, 1.165) is 5.56 Å². The highest BCUT2D eigenvalue weighted by molar-refractivity contribution is 6.05. The molecule has 1 amide bonds. The molecule has 0 saturated carbocycles. The molecule has 2 N–H and O–H groups in total. The lowest BCUT2D eigenvalue weighted by Gasteiger charge is -2.12. The molecule has 2 heterocycles. The monoisotopic (exact) mass is 364 g/mol. The van der Waals surface area contributed by atoms with Crippen molar-refractivity contribution in [3.05, 3.63) is 72.2 Å². The molecule has 27 heavy (non-hydrogen) atoms. The number of amides is 1. The lowest BCUT2D eigenvalue weighted by molar-refractivity contribution is 0.102. The summed E-state index contributed by atoms with van der Waals surface area (Å²) in [7, 11) is 3.11. The molecular formula is C20H20N4O3. The summed E-state index contributed by atoms with van der Waals surface area (Å²) in [5.74, 6) is 1.56. The van der Waals surface area contributed by atoms with Gasteiger partial charge in [-0.2, -0.15) is 0 Å². The van der Waals surface area contributed by atoms with Crippen molar-refractivity contribution in [3.8, 4) is 11.5 Å². The van der Waals surface area contributed by atoms with E-state index in [9.17, 15) is 4.79 Å². The fraction of sp³-hybridized carbons (Fsp3) is 0.150. The van der Waals surface area contributed by atoms with Crippen LogP contribution < -0.4 is 20.1 Å². The number of nitrogens with zero attached hydrogens (tertiary/aromatic N) is 2. The normalized spacial score (nSPS) is 10.1. The number of nitrogens with one attached hydrogen (secondary N) is 2. The van der Waals surface area contributed by atoms with E-state index in [4.69, 9.17) is 9.47 Å². The summed E-state index contributed by atoms with van der Waals surface area (Å²) in [6.45, 7) is 0.605. The number of pyridine rings is 2. The lowest BCUT2D eigenvalue weighted by atomic mass is 10.2. The number of aromatic nitrogens is 2. The minimum atomic E-state index is -0.284. The summed E-state index contributed by atoms with van der Waals surface area (Å²) in [6.07, 6.45) is 5.04. The number of hydrogen-bond donors (Lipinski definition) is 2. The smallest absolute Gasteiger partial charge is 0.257 e. The number of benzene rings is 1. The summed E-state index contributed by atoms with van der Waals surface area (Å²) < 4.78 is 10.5. The van der Waals surface area contributed by atoms with Crippen molar-refractivity contribution in [2.24, 2.45) is 0 Å². The summed E-state index contributed by atoms with van der Waals surface area (Å²) in [6, 6.07) is 12.5. The highest BCUT2D eigenvalue weighted by atomic mass is 16.5. The van der Waals surface area contributed by atoms with Gasteiger partial charge in [0.15, 0.2) is 0 Å². The molecular weight excluding hydrogens is 344 g/mol. The number of methoxy groups -OCH3 is 2. The minimum absolute atomic E-state index is 0.284. The van der Waals surface area contributed by atoms with Gasteiger partial charge in [0.25, 0.3) is 5.91 Å². The summed E-state index contributed by atoms with van der Waals surface area (Å²) in [5.41, 5.74) is 2.01. The molecule has 7 nitrogen and oxygen atoms in total. The molecule has 1 aromatic carbocycles. The van der Waals surface area contributed by atoms with Crippen LogP contribution in [0.4, 0.5) is 11.5 Å². The highest BCUT2D eigenvalue weighted by Gasteiger charge is 2.11. The molecule has 0 fully saturated rings. The fourth-order valence-electron chi connectivity index (χ4n) is 2.43. The first-order chi connectivity index (χ1) is 13.2. The SMILES string of the molecule is COc1ccc(OC)c(NC(=O)c2ccc(NCc3cccnc3)nc2)c1. The van der Waals surface area contributed by atoms with Crippen molar-refractivity contribution < 1.29 is 14.3 Å². The molecule has 138 valence electrons. The second kappa shape index (κ2) is 8.66. The van der Waals surface area contributed by atoms with Crippen molar-refractivity contribution in [1.29, 1.82) is 0 Å². The zero-order valence-electron chi connectivity index (χ0n) is 15.1. The van der Waals surface area contributed by atoms with Crippen molar-refractivity contribution >= 4 is 17.4 Å². The van der Waals surface area contributed by atoms with Gasteiger partial charge in [-0.25, -0.2) is 4.98 Å². The van der Waals surface area contributed by atoms with Crippen molar-refractivity contribution in [1.82, 2.24) is 9.97 Å². The van der Waals surface area contributed by atoms with Crippen LogP contribution in [0.1, 0.15) is 15.9 Å². The van der Waals surface area contributed by atoms with E-state index >= 15 is 0 Å². The Morgan fingerprint density at radius 1 is 1.07 bits per heavy atom. The average Bonchev–Trinajstić information content (AvgIpc) is 2.73. The molecule has 0 unspecified atom stereocenters. The molecule has 0 bridgehead atoms. The molecule has 3 aromatic rings. The van der Waals surface area contributed by atoms with Gasteiger partial charge in [-0.15, -0.1) is 0 Å². The second-order valence-corrected chi connectivity index (χ2v) is 5.67. The third kappa shape index (κ3) is 4.72. The van der Waals surface area contributed by atoms with Gasteiger partial charge in [0.2, 0.25) is 0 Å². The third-order valence-corrected chi connectivity index (χ3v) is 3.88. The van der Waals surface area contributed by atoms with Crippen LogP contribution in [0.3, 0.4) is 0 Å². The first-order valence-corrected chi connectivity index (χ1v) is 8.32. The highest BCUT2D eigenvalue weighted by Crippen LogP contribution is 2.29. The van der Waals surface area contributed by atoms with Gasteiger partial charge in [0, 0.05) is 31.2 Å². The van der Waals surface area contributed by atoms with Crippen LogP contribution in [0.5, 0.6) is 11.5 Å². The molecule has 0 aliphatic rings. The van der Waals surface area contributed by atoms with E-state index in [1.165, 1.54) is 6.20 Å². The van der Waals surface area contributed by atoms with Crippen LogP contribution in [-0.4, -0.2) is 30.1 Å². The van der Waals surface area contributed by atoms with Crippen LogP contribution in [0.25, 0.3) is 0 Å². The fourth-order valence-corrected chi connectivity index (χ4v) is 2.43. The molecule has 0 saturated heterocycles. The van der Waals surface area contributed by atoms with Crippen LogP contribution in [0.15, 0.2) is 61.1 Å². The second-order valence-electron chi connectivity index (χ2n) is 5.67. The third-order valence-electron chi connectivity index (χ3n) is 3.88. The molecule has 0 aliphatic carbocycles. The number of anilines is 2. The van der Waals surface area contributed by atoms with Gasteiger partial charge in [-0.3, -0.25) is 9.78 Å². The van der Waals surface area contributed by atoms with E-state index in [2.05, 4.69) is 20.6 Å². The lowest BCUT2D eigenvalue weighted by Crippen LogP contribution is -2.13. The standard InChI is InChI=1S/C20H20N4O3/c1-26-16-6-7-18(27-2)17(10-16)24-20(25)15-5-8-19(23-13-15)22-12-14-4-3-9-21-11-14/h3-11,13H,12H2,1-2H3,(H,22,23)(H,24,25). The van der Waals surface area contributed by atoms with E-state index < -0.39 is 0 Å². The summed E-state index contributed by atoms with van der Waals surface area (Å²) in [5, 5.41) is 6.01. The van der Waals surface area contributed by atoms with Crippen molar-refractivity contribution in [2.75, 3.05) is 24.9 Å². The van der Waals surface area contributed by atoms with Gasteiger partial charge < -0.3 is 20.1 Å². The number of hydrogen-bond acceptors (Lipinski definition) is 6. The number of ether oxygens (including phenoxy) is 2. The Labute approximate surface area is 157 Å². The predicted octanol–water partition coefficient (Wildman–Crippen LogP) is 3.36. The average molecular weight is 364 g/mol. The van der Waals surface area contributed by atoms with Crippen molar-refractivity contribution in [3.63, 3.8) is 0 Å². The Bertz CT molecular complexity index is 899. The van der Waals surface area contributed by atoms with Crippen LogP contribution in [0, 0.1) is 0 Å². The topological polar surface area (TPSA) is 85.4 Å². The van der Waals surface area contributed by atoms with Gasteiger partial charge in [-0.1, -0.05) is 6.07 Å². The van der Waals surface area contributed by atoms with Gasteiger partial charge in [-0.05, 0) is 35.9 Å². The molecule has 0 radical (unpaired) electrons. The molecule has 0 spiro atoms. The molecule has 3 rings (SSSR count). The van der Waals surface area contributed by atoms with Gasteiger partial charge in [0.1, 0.15) is 17.3 Å². The maximum atomic E-state index is 12.5. The van der Waals surface area contributed by atoms with E-state index in [1.54, 1.807) is 56.9 Å². The Morgan fingerprint density at radius 2 is 1.96 bits per heavy atom. The van der Waals surface area contributed by atoms with Crippen LogP contribution >= 0.6 is 0 Å². The molecule has 7 heteroatoms. The summed E-state index contributed by atoms with van der Waals surface area (Å²) in [4.78, 5) is 20.8. The predicted molar refractivity (Wildman–Crippen MR) is 103 cm³/mol. The van der Waals surface area contributed by atoms with Crippen molar-refractivity contribution in [2.45, 2.75) is 6.54 Å². The Kier molecular flexibility index (Phi) is 5.84.